The van der Waals surface area contributed by atoms with E-state index in [-0.39, 0.29) is 40.5 Å². The fourth-order valence-electron chi connectivity index (χ4n) is 1.84. The molecule has 1 heterocycles. The molecule has 1 saturated heterocycles. The van der Waals surface area contributed by atoms with Gasteiger partial charge in [0.15, 0.2) is 0 Å². The molecule has 0 aromatic heterocycles. The molecule has 0 spiro atoms. The molecule has 4 nitrogen and oxygen atoms in total. The van der Waals surface area contributed by atoms with Crippen LogP contribution in [0.4, 0.5) is 5.69 Å². The second-order valence-corrected chi connectivity index (χ2v) is 4.77. The Bertz CT molecular complexity index is 490. The van der Waals surface area contributed by atoms with Gasteiger partial charge in [0.1, 0.15) is 0 Å². The van der Waals surface area contributed by atoms with Crippen molar-refractivity contribution < 1.29 is 14.7 Å². The lowest BCUT2D eigenvalue weighted by atomic mass is 10.1. The third kappa shape index (κ3) is 2.23. The zero-order valence-electron chi connectivity index (χ0n) is 8.69. The number of nitrogens with zero attached hydrogens (tertiary/aromatic N) is 1. The number of carbonyl (C=O) groups excluding carboxylic acids is 1. The van der Waals surface area contributed by atoms with Gasteiger partial charge in [-0.15, -0.1) is 11.6 Å². The lowest BCUT2D eigenvalue weighted by Gasteiger charge is -2.19. The number of rotatable bonds is 2. The Morgan fingerprint density at radius 3 is 2.71 bits per heavy atom. The summed E-state index contributed by atoms with van der Waals surface area (Å²) in [6.45, 7) is 0.282. The molecule has 1 aliphatic rings. The van der Waals surface area contributed by atoms with Crippen LogP contribution in [0, 0.1) is 0 Å². The van der Waals surface area contributed by atoms with Crippen molar-refractivity contribution in [1.29, 1.82) is 0 Å². The van der Waals surface area contributed by atoms with Gasteiger partial charge in [-0.2, -0.15) is 0 Å². The molecule has 1 aliphatic heterocycles. The second-order valence-electron chi connectivity index (χ2n) is 3.75. The summed E-state index contributed by atoms with van der Waals surface area (Å²) in [6.07, 6.45) is 0.200. The summed E-state index contributed by atoms with van der Waals surface area (Å²) in [4.78, 5) is 24.1. The number of aromatic carboxylic acids is 1. The van der Waals surface area contributed by atoms with Crippen LogP contribution in [0.15, 0.2) is 18.2 Å². The lowest BCUT2D eigenvalue weighted by molar-refractivity contribution is -0.117. The highest BCUT2D eigenvalue weighted by Crippen LogP contribution is 2.33. The van der Waals surface area contributed by atoms with Gasteiger partial charge in [-0.3, -0.25) is 4.79 Å². The third-order valence-corrected chi connectivity index (χ3v) is 3.16. The minimum atomic E-state index is -1.12. The molecule has 0 bridgehead atoms. The van der Waals surface area contributed by atoms with Crippen LogP contribution in [0.25, 0.3) is 0 Å². The highest BCUT2D eigenvalue weighted by Gasteiger charge is 2.32. The Morgan fingerprint density at radius 1 is 1.47 bits per heavy atom. The molecule has 1 atom stereocenters. The number of carboxylic acids is 1. The average molecular weight is 274 g/mol. The fraction of sp³-hybridized carbons (Fsp3) is 0.273. The van der Waals surface area contributed by atoms with Gasteiger partial charge in [-0.1, -0.05) is 17.7 Å². The van der Waals surface area contributed by atoms with E-state index in [2.05, 4.69) is 0 Å². The van der Waals surface area contributed by atoms with Crippen molar-refractivity contribution >= 4 is 40.8 Å². The fourth-order valence-corrected chi connectivity index (χ4v) is 2.39. The normalized spacial score (nSPS) is 19.8. The number of halogens is 2. The van der Waals surface area contributed by atoms with Gasteiger partial charge < -0.3 is 10.0 Å². The minimum Gasteiger partial charge on any atom is -0.478 e. The van der Waals surface area contributed by atoms with Gasteiger partial charge in [0.2, 0.25) is 5.91 Å². The number of carboxylic acid groups (broad SMARTS) is 1. The number of amides is 1. The van der Waals surface area contributed by atoms with Crippen LogP contribution in [-0.2, 0) is 4.79 Å². The SMILES string of the molecule is O=C(O)c1cccc(Cl)c1N1CC(Cl)CC1=O. The van der Waals surface area contributed by atoms with E-state index >= 15 is 0 Å². The Kier molecular flexibility index (Phi) is 3.26. The van der Waals surface area contributed by atoms with Crippen LogP contribution < -0.4 is 4.90 Å². The highest BCUT2D eigenvalue weighted by molar-refractivity contribution is 6.35. The van der Waals surface area contributed by atoms with E-state index in [4.69, 9.17) is 28.3 Å². The Morgan fingerprint density at radius 2 is 2.18 bits per heavy atom. The quantitative estimate of drug-likeness (QED) is 0.842. The molecule has 90 valence electrons. The molecule has 0 saturated carbocycles. The zero-order valence-corrected chi connectivity index (χ0v) is 10.2. The van der Waals surface area contributed by atoms with Gasteiger partial charge in [-0.05, 0) is 12.1 Å². The number of benzene rings is 1. The average Bonchev–Trinajstić information content (AvgIpc) is 2.57. The van der Waals surface area contributed by atoms with E-state index in [1.54, 1.807) is 6.07 Å². The Hall–Kier alpha value is -1.26. The molecule has 6 heteroatoms. The third-order valence-electron chi connectivity index (χ3n) is 2.56. The number of anilines is 1. The first-order valence-corrected chi connectivity index (χ1v) is 5.78. The highest BCUT2D eigenvalue weighted by atomic mass is 35.5. The van der Waals surface area contributed by atoms with Crippen LogP contribution in [0.1, 0.15) is 16.8 Å². The van der Waals surface area contributed by atoms with Gasteiger partial charge in [0.05, 0.1) is 21.7 Å². The summed E-state index contributed by atoms with van der Waals surface area (Å²) in [5, 5.41) is 9.01. The smallest absolute Gasteiger partial charge is 0.337 e. The molecule has 17 heavy (non-hydrogen) atoms. The van der Waals surface area contributed by atoms with Gasteiger partial charge >= 0.3 is 5.97 Å². The van der Waals surface area contributed by atoms with E-state index in [9.17, 15) is 9.59 Å². The van der Waals surface area contributed by atoms with Crippen LogP contribution in [0.3, 0.4) is 0 Å². The maximum Gasteiger partial charge on any atom is 0.337 e. The molecule has 2 rings (SSSR count). The summed E-state index contributed by atoms with van der Waals surface area (Å²) in [6, 6.07) is 4.50. The van der Waals surface area contributed by atoms with E-state index in [0.29, 0.717) is 0 Å². The van der Waals surface area contributed by atoms with Gasteiger partial charge in [0, 0.05) is 13.0 Å². The molecule has 1 fully saturated rings. The summed E-state index contributed by atoms with van der Waals surface area (Å²) < 4.78 is 0. The van der Waals surface area contributed by atoms with Crippen molar-refractivity contribution in [3.63, 3.8) is 0 Å². The largest absolute Gasteiger partial charge is 0.478 e. The van der Waals surface area contributed by atoms with E-state index < -0.39 is 5.97 Å². The van der Waals surface area contributed by atoms with E-state index in [1.165, 1.54) is 17.0 Å². The molecule has 1 aromatic rings. The van der Waals surface area contributed by atoms with Gasteiger partial charge in [0.25, 0.3) is 0 Å². The van der Waals surface area contributed by atoms with Crippen molar-refractivity contribution in [1.82, 2.24) is 0 Å². The van der Waals surface area contributed by atoms with Crippen LogP contribution in [0.2, 0.25) is 5.02 Å². The second kappa shape index (κ2) is 4.55. The number of carbonyl (C=O) groups is 2. The van der Waals surface area contributed by atoms with Gasteiger partial charge in [-0.25, -0.2) is 4.79 Å². The summed E-state index contributed by atoms with van der Waals surface area (Å²) in [5.41, 5.74) is 0.242. The van der Waals surface area contributed by atoms with Crippen molar-refractivity contribution in [2.24, 2.45) is 0 Å². The molecule has 1 amide bonds. The van der Waals surface area contributed by atoms with Crippen molar-refractivity contribution in [3.05, 3.63) is 28.8 Å². The predicted octanol–water partition coefficient (Wildman–Crippen LogP) is 2.38. The van der Waals surface area contributed by atoms with Crippen molar-refractivity contribution in [2.45, 2.75) is 11.8 Å². The monoisotopic (exact) mass is 273 g/mol. The minimum absolute atomic E-state index is 0.0108. The summed E-state index contributed by atoms with van der Waals surface area (Å²) >= 11 is 11.8. The first kappa shape index (κ1) is 12.2. The molecule has 1 aromatic carbocycles. The van der Waals surface area contributed by atoms with Crippen molar-refractivity contribution in [2.75, 3.05) is 11.4 Å². The standard InChI is InChI=1S/C11H9Cl2NO3/c12-6-4-9(15)14(5-6)10-7(11(16)17)2-1-3-8(10)13/h1-3,6H,4-5H2,(H,16,17). The number of para-hydroxylation sites is 1. The summed E-state index contributed by atoms with van der Waals surface area (Å²) in [7, 11) is 0. The van der Waals surface area contributed by atoms with E-state index in [0.717, 1.165) is 0 Å². The van der Waals surface area contributed by atoms with Crippen LogP contribution in [-0.4, -0.2) is 28.9 Å². The topological polar surface area (TPSA) is 57.6 Å². The first-order chi connectivity index (χ1) is 8.00. The van der Waals surface area contributed by atoms with Crippen LogP contribution in [0.5, 0.6) is 0 Å². The maximum atomic E-state index is 11.7. The molecular weight excluding hydrogens is 265 g/mol. The first-order valence-electron chi connectivity index (χ1n) is 4.97. The molecule has 1 N–H and O–H groups in total. The summed E-state index contributed by atoms with van der Waals surface area (Å²) in [5.74, 6) is -1.33. The molecular formula is C11H9Cl2NO3. The Labute approximate surface area is 108 Å². The van der Waals surface area contributed by atoms with Crippen LogP contribution >= 0.6 is 23.2 Å². The molecule has 1 unspecified atom stereocenters. The Balaban J connectivity index is 2.51. The number of alkyl halides is 1. The predicted molar refractivity (Wildman–Crippen MR) is 65.0 cm³/mol. The molecule has 0 radical (unpaired) electrons. The number of hydrogen-bond donors (Lipinski definition) is 1. The number of hydrogen-bond acceptors (Lipinski definition) is 2. The molecule has 0 aliphatic carbocycles. The zero-order chi connectivity index (χ0) is 12.6. The van der Waals surface area contributed by atoms with E-state index in [1.807, 2.05) is 0 Å². The van der Waals surface area contributed by atoms with Crippen molar-refractivity contribution in [3.8, 4) is 0 Å². The lowest BCUT2D eigenvalue weighted by Crippen LogP contribution is -2.27. The maximum absolute atomic E-state index is 11.7.